The van der Waals surface area contributed by atoms with Gasteiger partial charge in [0, 0.05) is 22.7 Å². The fraction of sp³-hybridized carbons (Fsp3) is 0.125. The molecule has 0 radical (unpaired) electrons. The predicted octanol–water partition coefficient (Wildman–Crippen LogP) is 5.10. The maximum Gasteiger partial charge on any atom is 0.198 e. The number of ketones is 1. The van der Waals surface area contributed by atoms with E-state index in [1.807, 2.05) is 53.1 Å². The maximum atomic E-state index is 14.1. The Labute approximate surface area is 168 Å². The van der Waals surface area contributed by atoms with Gasteiger partial charge < -0.3 is 14.0 Å². The number of benzene rings is 3. The number of nitrogens with zero attached hydrogens (tertiary/aromatic N) is 1. The van der Waals surface area contributed by atoms with Crippen molar-refractivity contribution in [3.05, 3.63) is 95.9 Å². The molecule has 0 amide bonds. The first-order valence-corrected chi connectivity index (χ1v) is 9.31. The van der Waals surface area contributed by atoms with Crippen molar-refractivity contribution in [2.45, 2.75) is 6.54 Å². The van der Waals surface area contributed by atoms with Crippen molar-refractivity contribution in [1.82, 2.24) is 4.57 Å². The van der Waals surface area contributed by atoms with Gasteiger partial charge in [-0.25, -0.2) is 4.39 Å². The van der Waals surface area contributed by atoms with Crippen molar-refractivity contribution >= 4 is 16.7 Å². The highest BCUT2D eigenvalue weighted by Crippen LogP contribution is 2.25. The highest BCUT2D eigenvalue weighted by molar-refractivity contribution is 6.16. The van der Waals surface area contributed by atoms with Gasteiger partial charge in [0.2, 0.25) is 0 Å². The van der Waals surface area contributed by atoms with Crippen LogP contribution in [0.15, 0.2) is 79.0 Å². The van der Waals surface area contributed by atoms with Gasteiger partial charge in [-0.1, -0.05) is 30.3 Å². The van der Waals surface area contributed by atoms with E-state index in [-0.39, 0.29) is 11.3 Å². The van der Waals surface area contributed by atoms with Gasteiger partial charge in [0.05, 0.1) is 19.2 Å². The van der Waals surface area contributed by atoms with Gasteiger partial charge in [0.25, 0.3) is 0 Å². The van der Waals surface area contributed by atoms with Gasteiger partial charge in [-0.3, -0.25) is 4.79 Å². The number of ether oxygens (including phenoxy) is 2. The molecule has 0 bridgehead atoms. The van der Waals surface area contributed by atoms with E-state index in [1.165, 1.54) is 12.1 Å². The molecule has 0 saturated heterocycles. The van der Waals surface area contributed by atoms with Crippen LogP contribution in [0.25, 0.3) is 10.9 Å². The molecule has 0 N–H and O–H groups in total. The molecule has 5 heteroatoms. The zero-order valence-corrected chi connectivity index (χ0v) is 16.0. The Bertz CT molecular complexity index is 1150. The molecular formula is C24H20FNO3. The predicted molar refractivity (Wildman–Crippen MR) is 110 cm³/mol. The summed E-state index contributed by atoms with van der Waals surface area (Å²) >= 11 is 0. The number of methoxy groups -OCH3 is 1. The number of carbonyl (C=O) groups excluding carboxylic acids is 1. The summed E-state index contributed by atoms with van der Waals surface area (Å²) < 4.78 is 27.0. The molecule has 1 aromatic heterocycles. The number of carbonyl (C=O) groups is 1. The molecule has 0 spiro atoms. The van der Waals surface area contributed by atoms with Crippen LogP contribution in [0.1, 0.15) is 15.9 Å². The lowest BCUT2D eigenvalue weighted by Crippen LogP contribution is -2.08. The van der Waals surface area contributed by atoms with Crippen LogP contribution in [0.5, 0.6) is 11.5 Å². The number of halogens is 1. The summed E-state index contributed by atoms with van der Waals surface area (Å²) in [6, 6.07) is 21.0. The van der Waals surface area contributed by atoms with Crippen LogP contribution in [-0.4, -0.2) is 24.1 Å². The maximum absolute atomic E-state index is 14.1. The lowest BCUT2D eigenvalue weighted by atomic mass is 10.0. The fourth-order valence-electron chi connectivity index (χ4n) is 3.34. The SMILES string of the molecule is COc1ccc(OCCn2cc(C(=O)c3ccccc3F)c3ccccc32)cc1. The van der Waals surface area contributed by atoms with E-state index in [2.05, 4.69) is 0 Å². The molecule has 146 valence electrons. The third-order valence-electron chi connectivity index (χ3n) is 4.81. The Morgan fingerprint density at radius 3 is 2.34 bits per heavy atom. The lowest BCUT2D eigenvalue weighted by Gasteiger charge is -2.09. The van der Waals surface area contributed by atoms with Crippen molar-refractivity contribution in [1.29, 1.82) is 0 Å². The first-order chi connectivity index (χ1) is 14.2. The summed E-state index contributed by atoms with van der Waals surface area (Å²) in [6.07, 6.45) is 1.77. The second-order valence-electron chi connectivity index (χ2n) is 6.59. The molecule has 0 saturated carbocycles. The quantitative estimate of drug-likeness (QED) is 0.413. The largest absolute Gasteiger partial charge is 0.497 e. The van der Waals surface area contributed by atoms with Crippen LogP contribution in [0.3, 0.4) is 0 Å². The number of hydrogen-bond acceptors (Lipinski definition) is 3. The van der Waals surface area contributed by atoms with Crippen LogP contribution in [0.4, 0.5) is 4.39 Å². The second-order valence-corrected chi connectivity index (χ2v) is 6.59. The Morgan fingerprint density at radius 2 is 1.59 bits per heavy atom. The number of hydrogen-bond donors (Lipinski definition) is 0. The summed E-state index contributed by atoms with van der Waals surface area (Å²) in [7, 11) is 1.62. The summed E-state index contributed by atoms with van der Waals surface area (Å²) in [5.41, 5.74) is 1.46. The molecular weight excluding hydrogens is 369 g/mol. The van der Waals surface area contributed by atoms with Crippen LogP contribution >= 0.6 is 0 Å². The third kappa shape index (κ3) is 3.85. The summed E-state index contributed by atoms with van der Waals surface area (Å²) in [4.78, 5) is 13.0. The van der Waals surface area contributed by atoms with Crippen molar-refractivity contribution in [2.24, 2.45) is 0 Å². The van der Waals surface area contributed by atoms with Gasteiger partial charge in [-0.15, -0.1) is 0 Å². The summed E-state index contributed by atoms with van der Waals surface area (Å²) in [5.74, 6) is 0.668. The Balaban J connectivity index is 1.57. The zero-order chi connectivity index (χ0) is 20.2. The average Bonchev–Trinajstić information content (AvgIpc) is 3.13. The van der Waals surface area contributed by atoms with E-state index in [0.717, 1.165) is 22.4 Å². The summed E-state index contributed by atoms with van der Waals surface area (Å²) in [6.45, 7) is 0.982. The molecule has 0 atom stereocenters. The molecule has 0 unspecified atom stereocenters. The highest BCUT2D eigenvalue weighted by Gasteiger charge is 2.19. The average molecular weight is 389 g/mol. The molecule has 4 nitrogen and oxygen atoms in total. The Hall–Kier alpha value is -3.60. The minimum atomic E-state index is -0.517. The van der Waals surface area contributed by atoms with E-state index in [4.69, 9.17) is 9.47 Å². The van der Waals surface area contributed by atoms with E-state index >= 15 is 0 Å². The first-order valence-electron chi connectivity index (χ1n) is 9.31. The molecule has 4 rings (SSSR count). The van der Waals surface area contributed by atoms with Crippen molar-refractivity contribution < 1.29 is 18.7 Å². The molecule has 29 heavy (non-hydrogen) atoms. The zero-order valence-electron chi connectivity index (χ0n) is 16.0. The Kier molecular flexibility index (Phi) is 5.29. The molecule has 0 aliphatic carbocycles. The number of para-hydroxylation sites is 1. The van der Waals surface area contributed by atoms with Gasteiger partial charge in [0.1, 0.15) is 23.9 Å². The molecule has 0 fully saturated rings. The highest BCUT2D eigenvalue weighted by atomic mass is 19.1. The van der Waals surface area contributed by atoms with Crippen molar-refractivity contribution in [2.75, 3.05) is 13.7 Å². The first kappa shape index (κ1) is 18.7. The lowest BCUT2D eigenvalue weighted by molar-refractivity contribution is 0.103. The standard InChI is InChI=1S/C24H20FNO3/c1-28-17-10-12-18(13-11-17)29-15-14-26-16-21(19-6-3-5-9-23(19)26)24(27)20-7-2-4-8-22(20)25/h2-13,16H,14-15H2,1H3. The third-order valence-corrected chi connectivity index (χ3v) is 4.81. The molecule has 4 aromatic rings. The monoisotopic (exact) mass is 389 g/mol. The molecule has 0 aliphatic heterocycles. The molecule has 0 aliphatic rings. The minimum Gasteiger partial charge on any atom is -0.497 e. The minimum absolute atomic E-state index is 0.0740. The van der Waals surface area contributed by atoms with Crippen molar-refractivity contribution in [3.63, 3.8) is 0 Å². The van der Waals surface area contributed by atoms with E-state index in [1.54, 1.807) is 25.4 Å². The van der Waals surface area contributed by atoms with Crippen LogP contribution < -0.4 is 9.47 Å². The van der Waals surface area contributed by atoms with E-state index < -0.39 is 5.82 Å². The van der Waals surface area contributed by atoms with Crippen LogP contribution in [0.2, 0.25) is 0 Å². The normalized spacial score (nSPS) is 10.8. The molecule has 3 aromatic carbocycles. The Morgan fingerprint density at radius 1 is 0.897 bits per heavy atom. The molecule has 1 heterocycles. The number of aromatic nitrogens is 1. The van der Waals surface area contributed by atoms with E-state index in [9.17, 15) is 9.18 Å². The van der Waals surface area contributed by atoms with Gasteiger partial charge >= 0.3 is 0 Å². The van der Waals surface area contributed by atoms with Gasteiger partial charge in [-0.2, -0.15) is 0 Å². The van der Waals surface area contributed by atoms with Crippen LogP contribution in [-0.2, 0) is 6.54 Å². The second kappa shape index (κ2) is 8.19. The summed E-state index contributed by atoms with van der Waals surface area (Å²) in [5, 5.41) is 0.796. The number of rotatable bonds is 7. The van der Waals surface area contributed by atoms with Crippen molar-refractivity contribution in [3.8, 4) is 11.5 Å². The van der Waals surface area contributed by atoms with Crippen LogP contribution in [0, 0.1) is 5.82 Å². The fourth-order valence-corrected chi connectivity index (χ4v) is 3.34. The topological polar surface area (TPSA) is 40.5 Å². The number of fused-ring (bicyclic) bond motifs is 1. The van der Waals surface area contributed by atoms with E-state index in [0.29, 0.717) is 18.7 Å². The van der Waals surface area contributed by atoms with Gasteiger partial charge in [-0.05, 0) is 42.5 Å². The van der Waals surface area contributed by atoms with Gasteiger partial charge in [0.15, 0.2) is 5.78 Å². The smallest absolute Gasteiger partial charge is 0.198 e.